The highest BCUT2D eigenvalue weighted by Gasteiger charge is 2.16. The number of nitrogens with one attached hydrogen (secondary N) is 2. The third kappa shape index (κ3) is 6.19. The topological polar surface area (TPSA) is 61.4 Å². The van der Waals surface area contributed by atoms with Crippen LogP contribution in [0.25, 0.3) is 0 Å². The Hall–Kier alpha value is -3.15. The summed E-state index contributed by atoms with van der Waals surface area (Å²) in [6, 6.07) is 24.4. The molecule has 6 heteroatoms. The van der Waals surface area contributed by atoms with Gasteiger partial charge in [-0.05, 0) is 61.4 Å². The van der Waals surface area contributed by atoms with Crippen molar-refractivity contribution in [1.82, 2.24) is 10.2 Å². The van der Waals surface area contributed by atoms with Crippen molar-refractivity contribution < 1.29 is 9.59 Å². The van der Waals surface area contributed by atoms with Crippen molar-refractivity contribution in [2.24, 2.45) is 0 Å². The molecule has 1 unspecified atom stereocenters. The van der Waals surface area contributed by atoms with Crippen molar-refractivity contribution >= 4 is 29.1 Å². The number of amides is 2. The molecule has 1 atom stereocenters. The molecule has 0 fully saturated rings. The minimum atomic E-state index is -0.164. The van der Waals surface area contributed by atoms with E-state index in [-0.39, 0.29) is 24.4 Å². The highest BCUT2D eigenvalue weighted by atomic mass is 35.5. The van der Waals surface area contributed by atoms with Crippen molar-refractivity contribution in [2.75, 3.05) is 25.0 Å². The molecule has 0 spiro atoms. The number of carbonyl (C=O) groups excluding carboxylic acids is 2. The van der Waals surface area contributed by atoms with E-state index < -0.39 is 0 Å². The molecule has 0 radical (unpaired) electrons. The van der Waals surface area contributed by atoms with Gasteiger partial charge in [-0.3, -0.25) is 14.9 Å². The molecule has 32 heavy (non-hydrogen) atoms. The van der Waals surface area contributed by atoms with Crippen LogP contribution in [0.2, 0.25) is 5.02 Å². The maximum Gasteiger partial charge on any atom is 0.253 e. The molecule has 2 N–H and O–H groups in total. The SMILES string of the molecule is CCN(CC)C(=O)c1ccc(NC(=O)CNC(c2ccccc2)c2ccc(Cl)cc2)cc1. The maximum absolute atomic E-state index is 12.6. The predicted molar refractivity (Wildman–Crippen MR) is 130 cm³/mol. The summed E-state index contributed by atoms with van der Waals surface area (Å²) < 4.78 is 0. The first kappa shape index (κ1) is 23.5. The third-order valence-corrected chi connectivity index (χ3v) is 5.52. The largest absolute Gasteiger partial charge is 0.339 e. The number of nitrogens with zero attached hydrogens (tertiary/aromatic N) is 1. The molecular formula is C26H28ClN3O2. The van der Waals surface area contributed by atoms with E-state index in [1.807, 2.05) is 68.4 Å². The van der Waals surface area contributed by atoms with E-state index in [1.54, 1.807) is 29.2 Å². The molecule has 0 aromatic heterocycles. The second kappa shape index (κ2) is 11.5. The van der Waals surface area contributed by atoms with Crippen LogP contribution in [-0.4, -0.2) is 36.3 Å². The minimum Gasteiger partial charge on any atom is -0.339 e. The standard InChI is InChI=1S/C26H28ClN3O2/c1-3-30(4-2)26(32)21-12-16-23(17-13-21)29-24(31)18-28-25(19-8-6-5-7-9-19)20-10-14-22(27)15-11-20/h5-17,25,28H,3-4,18H2,1-2H3,(H,29,31). The van der Waals surface area contributed by atoms with Crippen molar-refractivity contribution in [1.29, 1.82) is 0 Å². The molecule has 0 saturated heterocycles. The van der Waals surface area contributed by atoms with E-state index in [1.165, 1.54) is 0 Å². The van der Waals surface area contributed by atoms with Gasteiger partial charge in [-0.25, -0.2) is 0 Å². The van der Waals surface area contributed by atoms with Gasteiger partial charge in [0.1, 0.15) is 0 Å². The number of benzene rings is 3. The zero-order valence-electron chi connectivity index (χ0n) is 18.3. The number of carbonyl (C=O) groups is 2. The molecule has 0 aliphatic rings. The van der Waals surface area contributed by atoms with E-state index in [2.05, 4.69) is 10.6 Å². The average molecular weight is 450 g/mol. The molecule has 3 rings (SSSR count). The number of hydrogen-bond acceptors (Lipinski definition) is 3. The van der Waals surface area contributed by atoms with Gasteiger partial charge in [-0.1, -0.05) is 54.1 Å². The smallest absolute Gasteiger partial charge is 0.253 e. The van der Waals surface area contributed by atoms with Crippen LogP contribution in [0.15, 0.2) is 78.9 Å². The van der Waals surface area contributed by atoms with Gasteiger partial charge in [0.25, 0.3) is 5.91 Å². The van der Waals surface area contributed by atoms with Crippen LogP contribution < -0.4 is 10.6 Å². The second-order valence-electron chi connectivity index (χ2n) is 7.38. The maximum atomic E-state index is 12.6. The molecule has 5 nitrogen and oxygen atoms in total. The van der Waals surface area contributed by atoms with Gasteiger partial charge >= 0.3 is 0 Å². The number of anilines is 1. The lowest BCUT2D eigenvalue weighted by Crippen LogP contribution is -2.32. The van der Waals surface area contributed by atoms with Gasteiger partial charge < -0.3 is 10.2 Å². The summed E-state index contributed by atoms with van der Waals surface area (Å²) >= 11 is 6.04. The summed E-state index contributed by atoms with van der Waals surface area (Å²) in [5, 5.41) is 6.89. The molecule has 0 saturated carbocycles. The fourth-order valence-corrected chi connectivity index (χ4v) is 3.64. The monoisotopic (exact) mass is 449 g/mol. The van der Waals surface area contributed by atoms with E-state index >= 15 is 0 Å². The van der Waals surface area contributed by atoms with E-state index in [4.69, 9.17) is 11.6 Å². The van der Waals surface area contributed by atoms with Crippen LogP contribution in [0.4, 0.5) is 5.69 Å². The highest BCUT2D eigenvalue weighted by molar-refractivity contribution is 6.30. The normalized spacial score (nSPS) is 11.6. The summed E-state index contributed by atoms with van der Waals surface area (Å²) in [5.74, 6) is -0.175. The lowest BCUT2D eigenvalue weighted by molar-refractivity contribution is -0.115. The summed E-state index contributed by atoms with van der Waals surface area (Å²) in [4.78, 5) is 26.8. The Balaban J connectivity index is 1.64. The van der Waals surface area contributed by atoms with Crippen molar-refractivity contribution in [3.05, 3.63) is 101 Å². The fourth-order valence-electron chi connectivity index (χ4n) is 3.52. The number of hydrogen-bond donors (Lipinski definition) is 2. The molecule has 3 aromatic rings. The highest BCUT2D eigenvalue weighted by Crippen LogP contribution is 2.23. The minimum absolute atomic E-state index is 0.0109. The van der Waals surface area contributed by atoms with Crippen LogP contribution >= 0.6 is 11.6 Å². The molecule has 0 heterocycles. The molecule has 0 aliphatic carbocycles. The lowest BCUT2D eigenvalue weighted by atomic mass is 9.99. The van der Waals surface area contributed by atoms with E-state index in [0.29, 0.717) is 29.4 Å². The molecule has 0 aliphatic heterocycles. The Labute approximate surface area is 194 Å². The zero-order valence-corrected chi connectivity index (χ0v) is 19.1. The Morgan fingerprint density at radius 2 is 1.44 bits per heavy atom. The third-order valence-electron chi connectivity index (χ3n) is 5.27. The Bertz CT molecular complexity index is 1020. The molecule has 3 aromatic carbocycles. The number of halogens is 1. The second-order valence-corrected chi connectivity index (χ2v) is 7.82. The van der Waals surface area contributed by atoms with Gasteiger partial charge in [0.05, 0.1) is 12.6 Å². The molecular weight excluding hydrogens is 422 g/mol. The zero-order chi connectivity index (χ0) is 22.9. The van der Waals surface area contributed by atoms with Crippen LogP contribution in [0.5, 0.6) is 0 Å². The van der Waals surface area contributed by atoms with Gasteiger partial charge in [0.2, 0.25) is 5.91 Å². The van der Waals surface area contributed by atoms with Crippen molar-refractivity contribution in [3.63, 3.8) is 0 Å². The Kier molecular flexibility index (Phi) is 8.42. The Morgan fingerprint density at radius 1 is 0.844 bits per heavy atom. The van der Waals surface area contributed by atoms with E-state index in [0.717, 1.165) is 11.1 Å². The Morgan fingerprint density at radius 3 is 2.03 bits per heavy atom. The molecule has 2 amide bonds. The summed E-state index contributed by atoms with van der Waals surface area (Å²) in [6.45, 7) is 5.36. The van der Waals surface area contributed by atoms with Gasteiger partial charge in [0, 0.05) is 29.4 Å². The van der Waals surface area contributed by atoms with Crippen LogP contribution in [0, 0.1) is 0 Å². The fraction of sp³-hybridized carbons (Fsp3) is 0.231. The summed E-state index contributed by atoms with van der Waals surface area (Å²) in [6.07, 6.45) is 0. The van der Waals surface area contributed by atoms with Gasteiger partial charge in [-0.15, -0.1) is 0 Å². The first-order valence-corrected chi connectivity index (χ1v) is 11.1. The molecule has 166 valence electrons. The van der Waals surface area contributed by atoms with Crippen LogP contribution in [-0.2, 0) is 4.79 Å². The predicted octanol–water partition coefficient (Wildman–Crippen LogP) is 5.14. The van der Waals surface area contributed by atoms with Crippen LogP contribution in [0.3, 0.4) is 0 Å². The van der Waals surface area contributed by atoms with Gasteiger partial charge in [0.15, 0.2) is 0 Å². The summed E-state index contributed by atoms with van der Waals surface area (Å²) in [5.41, 5.74) is 3.34. The number of rotatable bonds is 9. The van der Waals surface area contributed by atoms with Gasteiger partial charge in [-0.2, -0.15) is 0 Å². The van der Waals surface area contributed by atoms with Crippen LogP contribution in [0.1, 0.15) is 41.4 Å². The quantitative estimate of drug-likeness (QED) is 0.475. The molecule has 0 bridgehead atoms. The first-order valence-electron chi connectivity index (χ1n) is 10.7. The van der Waals surface area contributed by atoms with Crippen molar-refractivity contribution in [2.45, 2.75) is 19.9 Å². The lowest BCUT2D eigenvalue weighted by Gasteiger charge is -2.20. The van der Waals surface area contributed by atoms with E-state index in [9.17, 15) is 9.59 Å². The first-order chi connectivity index (χ1) is 15.5. The van der Waals surface area contributed by atoms with Crippen molar-refractivity contribution in [3.8, 4) is 0 Å². The summed E-state index contributed by atoms with van der Waals surface area (Å²) in [7, 11) is 0. The average Bonchev–Trinajstić information content (AvgIpc) is 2.82.